The van der Waals surface area contributed by atoms with Crippen LogP contribution < -0.4 is 0 Å². The number of hydrogen-bond donors (Lipinski definition) is 1. The van der Waals surface area contributed by atoms with Gasteiger partial charge in [0, 0.05) is 32.4 Å². The summed E-state index contributed by atoms with van der Waals surface area (Å²) < 4.78 is 5.33. The topological polar surface area (TPSA) is 87.2 Å². The lowest BCUT2D eigenvalue weighted by molar-refractivity contribution is -0.148. The van der Waals surface area contributed by atoms with Crippen molar-refractivity contribution in [1.29, 1.82) is 0 Å². The highest BCUT2D eigenvalue weighted by Gasteiger charge is 2.33. The highest BCUT2D eigenvalue weighted by molar-refractivity contribution is 5.84. The number of carbonyl (C=O) groups excluding carboxylic acids is 2. The molecule has 0 spiro atoms. The Kier molecular flexibility index (Phi) is 5.91. The van der Waals surface area contributed by atoms with E-state index in [4.69, 9.17) is 4.74 Å². The van der Waals surface area contributed by atoms with Crippen molar-refractivity contribution in [2.24, 2.45) is 0 Å². The van der Waals surface area contributed by atoms with Gasteiger partial charge in [0.15, 0.2) is 0 Å². The van der Waals surface area contributed by atoms with Gasteiger partial charge in [-0.2, -0.15) is 0 Å². The van der Waals surface area contributed by atoms with Crippen molar-refractivity contribution >= 4 is 23.9 Å². The molecule has 1 N–H and O–H groups in total. The Balaban J connectivity index is 1.84. The van der Waals surface area contributed by atoms with Gasteiger partial charge in [-0.05, 0) is 30.0 Å². The molecule has 0 unspecified atom stereocenters. The summed E-state index contributed by atoms with van der Waals surface area (Å²) in [5.74, 6) is -1.46. The number of carboxylic acid groups (broad SMARTS) is 1. The molecule has 7 heteroatoms. The molecule has 2 aliphatic rings. The van der Waals surface area contributed by atoms with Crippen molar-refractivity contribution < 1.29 is 24.2 Å². The third kappa shape index (κ3) is 4.36. The molecule has 0 saturated carbocycles. The van der Waals surface area contributed by atoms with Crippen molar-refractivity contribution in [3.05, 3.63) is 41.6 Å². The second-order valence-corrected chi connectivity index (χ2v) is 6.85. The molecule has 7 nitrogen and oxygen atoms in total. The third-order valence-corrected chi connectivity index (χ3v) is 5.09. The molecular formula is C20H24N2O5. The number of carboxylic acids is 1. The van der Waals surface area contributed by atoms with Crippen LogP contribution in [0.15, 0.2) is 30.5 Å². The van der Waals surface area contributed by atoms with E-state index < -0.39 is 12.0 Å². The van der Waals surface area contributed by atoms with Crippen molar-refractivity contribution in [2.45, 2.75) is 38.3 Å². The third-order valence-electron chi connectivity index (χ3n) is 5.09. The molecule has 0 aromatic heterocycles. The number of aliphatic carboxylic acids is 1. The first-order valence-electron chi connectivity index (χ1n) is 9.12. The Morgan fingerprint density at radius 2 is 1.93 bits per heavy atom. The van der Waals surface area contributed by atoms with Crippen LogP contribution in [0.5, 0.6) is 0 Å². The van der Waals surface area contributed by atoms with Gasteiger partial charge < -0.3 is 19.6 Å². The zero-order chi connectivity index (χ0) is 19.4. The van der Waals surface area contributed by atoms with E-state index in [1.165, 1.54) is 11.8 Å². The summed E-state index contributed by atoms with van der Waals surface area (Å²) >= 11 is 0. The summed E-state index contributed by atoms with van der Waals surface area (Å²) in [5, 5.41) is 9.27. The van der Waals surface area contributed by atoms with Crippen molar-refractivity contribution in [2.75, 3.05) is 19.8 Å². The lowest BCUT2D eigenvalue weighted by Crippen LogP contribution is -2.47. The molecule has 1 fully saturated rings. The van der Waals surface area contributed by atoms with E-state index in [0.29, 0.717) is 26.1 Å². The van der Waals surface area contributed by atoms with Crippen LogP contribution in [0, 0.1) is 0 Å². The average Bonchev–Trinajstić information content (AvgIpc) is 2.66. The predicted molar refractivity (Wildman–Crippen MR) is 98.5 cm³/mol. The predicted octanol–water partition coefficient (Wildman–Crippen LogP) is 2.04. The summed E-state index contributed by atoms with van der Waals surface area (Å²) in [5.41, 5.74) is 1.86. The molecule has 1 aromatic carbocycles. The van der Waals surface area contributed by atoms with E-state index in [1.807, 2.05) is 30.3 Å². The maximum Gasteiger partial charge on any atom is 0.323 e. The van der Waals surface area contributed by atoms with E-state index in [0.717, 1.165) is 11.1 Å². The normalized spacial score (nSPS) is 19.4. The van der Waals surface area contributed by atoms with E-state index in [1.54, 1.807) is 11.1 Å². The molecule has 3 rings (SSSR count). The number of nitrogens with zero attached hydrogens (tertiary/aromatic N) is 2. The standard InChI is InChI=1S/C20H24N2O5/c1-14(23)21-9-6-15-4-2-3-5-17(15)18(21)12-19(24)22(13-20(25)26)16-7-10-27-11-8-16/h2-6,9,16,18H,7-8,10-13H2,1H3,(H,25,26)/t18-/m1/s1. The van der Waals surface area contributed by atoms with E-state index in [9.17, 15) is 19.5 Å². The average molecular weight is 372 g/mol. The van der Waals surface area contributed by atoms with Crippen LogP contribution in [0.2, 0.25) is 0 Å². The fraction of sp³-hybridized carbons (Fsp3) is 0.450. The monoisotopic (exact) mass is 372 g/mol. The summed E-state index contributed by atoms with van der Waals surface area (Å²) in [6.07, 6.45) is 4.84. The summed E-state index contributed by atoms with van der Waals surface area (Å²) in [6.45, 7) is 2.16. The highest BCUT2D eigenvalue weighted by atomic mass is 16.5. The fourth-order valence-electron chi connectivity index (χ4n) is 3.76. The van der Waals surface area contributed by atoms with Gasteiger partial charge in [0.1, 0.15) is 6.54 Å². The van der Waals surface area contributed by atoms with Crippen LogP contribution in [-0.2, 0) is 19.1 Å². The quantitative estimate of drug-likeness (QED) is 0.855. The molecule has 2 heterocycles. The molecule has 1 atom stereocenters. The number of amides is 2. The lowest BCUT2D eigenvalue weighted by atomic mass is 9.93. The van der Waals surface area contributed by atoms with Crippen LogP contribution in [0.3, 0.4) is 0 Å². The molecule has 1 aromatic rings. The Hall–Kier alpha value is -2.67. The first-order valence-corrected chi connectivity index (χ1v) is 9.12. The minimum Gasteiger partial charge on any atom is -0.480 e. The second kappa shape index (κ2) is 8.35. The number of rotatable bonds is 5. The first-order chi connectivity index (χ1) is 13.0. The number of carbonyl (C=O) groups is 3. The molecule has 0 bridgehead atoms. The van der Waals surface area contributed by atoms with Crippen molar-refractivity contribution in [3.8, 4) is 0 Å². The zero-order valence-corrected chi connectivity index (χ0v) is 15.3. The van der Waals surface area contributed by atoms with E-state index >= 15 is 0 Å². The molecule has 2 aliphatic heterocycles. The fourth-order valence-corrected chi connectivity index (χ4v) is 3.76. The maximum atomic E-state index is 13.1. The number of hydrogen-bond acceptors (Lipinski definition) is 4. The molecule has 27 heavy (non-hydrogen) atoms. The van der Waals surface area contributed by atoms with Crippen LogP contribution in [0.1, 0.15) is 43.4 Å². The molecule has 0 aliphatic carbocycles. The molecular weight excluding hydrogens is 348 g/mol. The van der Waals surface area contributed by atoms with E-state index in [-0.39, 0.29) is 30.8 Å². The largest absolute Gasteiger partial charge is 0.480 e. The van der Waals surface area contributed by atoms with Crippen LogP contribution in [0.25, 0.3) is 6.08 Å². The SMILES string of the molecule is CC(=O)N1C=Cc2ccccc2[C@H]1CC(=O)N(CC(=O)O)C1CCOCC1. The van der Waals surface area contributed by atoms with Crippen molar-refractivity contribution in [1.82, 2.24) is 9.80 Å². The summed E-state index contributed by atoms with van der Waals surface area (Å²) in [6, 6.07) is 7.04. The van der Waals surface area contributed by atoms with Crippen LogP contribution in [0.4, 0.5) is 0 Å². The van der Waals surface area contributed by atoms with Gasteiger partial charge in [-0.1, -0.05) is 24.3 Å². The summed E-state index contributed by atoms with van der Waals surface area (Å²) in [4.78, 5) is 39.5. The number of ether oxygens (including phenoxy) is 1. The van der Waals surface area contributed by atoms with Gasteiger partial charge in [0.25, 0.3) is 0 Å². The van der Waals surface area contributed by atoms with Gasteiger partial charge in [-0.3, -0.25) is 14.4 Å². The first kappa shape index (κ1) is 19.1. The number of benzene rings is 1. The minimum atomic E-state index is -1.04. The van der Waals surface area contributed by atoms with Crippen LogP contribution >= 0.6 is 0 Å². The summed E-state index contributed by atoms with van der Waals surface area (Å²) in [7, 11) is 0. The second-order valence-electron chi connectivity index (χ2n) is 6.85. The van der Waals surface area contributed by atoms with Crippen LogP contribution in [-0.4, -0.2) is 58.5 Å². The van der Waals surface area contributed by atoms with Gasteiger partial charge in [0.2, 0.25) is 11.8 Å². The lowest BCUT2D eigenvalue weighted by Gasteiger charge is -2.37. The van der Waals surface area contributed by atoms with Gasteiger partial charge in [-0.25, -0.2) is 0 Å². The number of fused-ring (bicyclic) bond motifs is 1. The molecule has 144 valence electrons. The van der Waals surface area contributed by atoms with E-state index in [2.05, 4.69) is 0 Å². The molecule has 0 radical (unpaired) electrons. The van der Waals surface area contributed by atoms with Gasteiger partial charge >= 0.3 is 5.97 Å². The molecule has 1 saturated heterocycles. The Labute approximate surface area is 158 Å². The Morgan fingerprint density at radius 1 is 1.22 bits per heavy atom. The maximum absolute atomic E-state index is 13.1. The highest BCUT2D eigenvalue weighted by Crippen LogP contribution is 2.33. The Bertz CT molecular complexity index is 754. The smallest absolute Gasteiger partial charge is 0.323 e. The minimum absolute atomic E-state index is 0.0472. The van der Waals surface area contributed by atoms with Gasteiger partial charge in [-0.15, -0.1) is 0 Å². The zero-order valence-electron chi connectivity index (χ0n) is 15.3. The Morgan fingerprint density at radius 3 is 2.59 bits per heavy atom. The van der Waals surface area contributed by atoms with Crippen molar-refractivity contribution in [3.63, 3.8) is 0 Å². The molecule has 2 amide bonds. The van der Waals surface area contributed by atoms with Gasteiger partial charge in [0.05, 0.1) is 12.5 Å².